The lowest BCUT2D eigenvalue weighted by Crippen LogP contribution is -2.27. The van der Waals surface area contributed by atoms with Gasteiger partial charge in [0.2, 0.25) is 17.8 Å². The Morgan fingerprint density at radius 2 is 1.32 bits per heavy atom. The first-order chi connectivity index (χ1) is 21.7. The maximum absolute atomic E-state index is 12.5. The van der Waals surface area contributed by atoms with Gasteiger partial charge in [-0.2, -0.15) is 15.0 Å². The quantitative estimate of drug-likeness (QED) is 0.0914. The van der Waals surface area contributed by atoms with Crippen LogP contribution in [0.15, 0.2) is 54.6 Å². The van der Waals surface area contributed by atoms with Crippen molar-refractivity contribution in [2.45, 2.75) is 58.4 Å². The molecule has 6 N–H and O–H groups in total. The molecule has 11 heteroatoms. The zero-order valence-electron chi connectivity index (χ0n) is 26.2. The van der Waals surface area contributed by atoms with Crippen LogP contribution >= 0.6 is 0 Å². The number of carbonyl (C=O) groups excluding carboxylic acids is 1. The Balaban J connectivity index is 1.48. The monoisotopic (exact) mass is 606 g/mol. The minimum absolute atomic E-state index is 0.141. The van der Waals surface area contributed by atoms with Crippen LogP contribution in [-0.4, -0.2) is 73.5 Å². The van der Waals surface area contributed by atoms with E-state index in [0.717, 1.165) is 24.9 Å². The summed E-state index contributed by atoms with van der Waals surface area (Å²) in [7, 11) is 0. The molecular weight excluding hydrogens is 556 g/mol. The largest absolute Gasteiger partial charge is 0.378 e. The molecule has 3 aromatic rings. The van der Waals surface area contributed by atoms with Crippen molar-refractivity contribution < 1.29 is 14.3 Å². The molecule has 1 heterocycles. The van der Waals surface area contributed by atoms with E-state index in [1.165, 1.54) is 37.7 Å². The van der Waals surface area contributed by atoms with Gasteiger partial charge in [0.25, 0.3) is 5.91 Å². The van der Waals surface area contributed by atoms with Crippen molar-refractivity contribution in [2.24, 2.45) is 5.73 Å². The second-order valence-electron chi connectivity index (χ2n) is 10.5. The fraction of sp³-hybridized carbons (Fsp3) is 0.515. The van der Waals surface area contributed by atoms with Crippen LogP contribution in [0.2, 0.25) is 0 Å². The first-order valence-electron chi connectivity index (χ1n) is 15.9. The molecular formula is C33H50N8O3. The molecule has 3 rings (SSSR count). The Bertz CT molecular complexity index is 1180. The lowest BCUT2D eigenvalue weighted by Gasteiger charge is -2.12. The van der Waals surface area contributed by atoms with Crippen LogP contribution < -0.4 is 27.0 Å². The average molecular weight is 607 g/mol. The van der Waals surface area contributed by atoms with E-state index in [9.17, 15) is 4.79 Å². The number of carbonyl (C=O) groups is 1. The Morgan fingerprint density at radius 3 is 2.02 bits per heavy atom. The molecule has 2 aromatic carbocycles. The number of unbranched alkanes of at least 4 members (excludes halogenated alkanes) is 5. The van der Waals surface area contributed by atoms with Gasteiger partial charge in [-0.25, -0.2) is 0 Å². The minimum Gasteiger partial charge on any atom is -0.378 e. The summed E-state index contributed by atoms with van der Waals surface area (Å²) in [5.74, 6) is 1.43. The van der Waals surface area contributed by atoms with Crippen molar-refractivity contribution in [2.75, 3.05) is 68.6 Å². The van der Waals surface area contributed by atoms with Crippen LogP contribution in [0, 0.1) is 0 Å². The van der Waals surface area contributed by atoms with Crippen molar-refractivity contribution in [3.8, 4) is 0 Å². The SMILES string of the molecule is CCCCCCCCNc1nc(NCCc2ccccc2)nc(NCc2ccc(C(=O)NCCOCCOCCN)cc2)n1. The molecule has 0 aliphatic carbocycles. The maximum atomic E-state index is 12.5. The number of ether oxygens (including phenoxy) is 2. The molecule has 0 aliphatic rings. The van der Waals surface area contributed by atoms with Gasteiger partial charge in [-0.15, -0.1) is 0 Å². The van der Waals surface area contributed by atoms with Gasteiger partial charge in [0.1, 0.15) is 0 Å². The lowest BCUT2D eigenvalue weighted by molar-refractivity contribution is 0.0511. The highest BCUT2D eigenvalue weighted by Gasteiger charge is 2.08. The van der Waals surface area contributed by atoms with Crippen LogP contribution in [0.5, 0.6) is 0 Å². The highest BCUT2D eigenvalue weighted by Crippen LogP contribution is 2.13. The predicted octanol–water partition coefficient (Wildman–Crippen LogP) is 4.63. The van der Waals surface area contributed by atoms with Crippen molar-refractivity contribution >= 4 is 23.8 Å². The van der Waals surface area contributed by atoms with Crippen LogP contribution in [0.1, 0.15) is 66.9 Å². The topological polar surface area (TPSA) is 148 Å². The molecule has 0 spiro atoms. The van der Waals surface area contributed by atoms with Crippen molar-refractivity contribution in [3.05, 3.63) is 71.3 Å². The van der Waals surface area contributed by atoms with Crippen molar-refractivity contribution in [3.63, 3.8) is 0 Å². The number of hydrogen-bond acceptors (Lipinski definition) is 10. The maximum Gasteiger partial charge on any atom is 0.251 e. The zero-order chi connectivity index (χ0) is 31.1. The van der Waals surface area contributed by atoms with Gasteiger partial charge in [-0.3, -0.25) is 4.79 Å². The Hall–Kier alpha value is -3.80. The number of benzene rings is 2. The van der Waals surface area contributed by atoms with Gasteiger partial charge in [0.15, 0.2) is 0 Å². The third-order valence-electron chi connectivity index (χ3n) is 6.82. The number of amides is 1. The molecule has 0 fully saturated rings. The fourth-order valence-corrected chi connectivity index (χ4v) is 4.38. The van der Waals surface area contributed by atoms with Crippen LogP contribution in [-0.2, 0) is 22.4 Å². The summed E-state index contributed by atoms with van der Waals surface area (Å²) < 4.78 is 10.7. The molecule has 44 heavy (non-hydrogen) atoms. The molecule has 240 valence electrons. The summed E-state index contributed by atoms with van der Waals surface area (Å²) in [5.41, 5.74) is 8.22. The van der Waals surface area contributed by atoms with Gasteiger partial charge in [0.05, 0.1) is 26.4 Å². The van der Waals surface area contributed by atoms with Gasteiger partial charge >= 0.3 is 0 Å². The predicted molar refractivity (Wildman–Crippen MR) is 177 cm³/mol. The molecule has 0 saturated carbocycles. The normalized spacial score (nSPS) is 10.9. The van der Waals surface area contributed by atoms with Gasteiger partial charge < -0.3 is 36.5 Å². The summed E-state index contributed by atoms with van der Waals surface area (Å²) in [6, 6.07) is 17.8. The Morgan fingerprint density at radius 1 is 0.682 bits per heavy atom. The smallest absolute Gasteiger partial charge is 0.251 e. The van der Waals surface area contributed by atoms with Crippen molar-refractivity contribution in [1.82, 2.24) is 20.3 Å². The zero-order valence-corrected chi connectivity index (χ0v) is 26.2. The van der Waals surface area contributed by atoms with Gasteiger partial charge in [-0.05, 0) is 36.1 Å². The van der Waals surface area contributed by atoms with Crippen LogP contribution in [0.25, 0.3) is 0 Å². The second-order valence-corrected chi connectivity index (χ2v) is 10.5. The highest BCUT2D eigenvalue weighted by atomic mass is 16.5. The second kappa shape index (κ2) is 21.8. The number of rotatable bonds is 24. The van der Waals surface area contributed by atoms with Crippen LogP contribution in [0.3, 0.4) is 0 Å². The van der Waals surface area contributed by atoms with E-state index >= 15 is 0 Å². The van der Waals surface area contributed by atoms with Crippen LogP contribution in [0.4, 0.5) is 17.8 Å². The van der Waals surface area contributed by atoms with E-state index in [2.05, 4.69) is 55.3 Å². The molecule has 1 amide bonds. The minimum atomic E-state index is -0.141. The summed E-state index contributed by atoms with van der Waals surface area (Å²) in [4.78, 5) is 26.3. The van der Waals surface area contributed by atoms with E-state index in [4.69, 9.17) is 15.2 Å². The van der Waals surface area contributed by atoms with E-state index in [1.54, 1.807) is 0 Å². The first kappa shape index (κ1) is 34.7. The third kappa shape index (κ3) is 14.6. The number of anilines is 3. The summed E-state index contributed by atoms with van der Waals surface area (Å²) >= 11 is 0. The van der Waals surface area contributed by atoms with E-state index in [1.807, 2.05) is 42.5 Å². The molecule has 11 nitrogen and oxygen atoms in total. The average Bonchev–Trinajstić information content (AvgIpc) is 3.05. The summed E-state index contributed by atoms with van der Waals surface area (Å²) in [5, 5.41) is 12.9. The Labute approximate surface area is 262 Å². The van der Waals surface area contributed by atoms with Crippen molar-refractivity contribution in [1.29, 1.82) is 0 Å². The lowest BCUT2D eigenvalue weighted by atomic mass is 10.1. The van der Waals surface area contributed by atoms with E-state index in [-0.39, 0.29) is 5.91 Å². The number of aromatic nitrogens is 3. The molecule has 0 unspecified atom stereocenters. The fourth-order valence-electron chi connectivity index (χ4n) is 4.38. The number of nitrogens with zero attached hydrogens (tertiary/aromatic N) is 3. The van der Waals surface area contributed by atoms with E-state index in [0.29, 0.717) is 76.0 Å². The standard InChI is InChI=1S/C33H50N8O3/c1-2-3-4-5-6-10-19-36-31-39-32(37-20-17-27-11-8-7-9-12-27)41-33(40-31)38-26-28-13-15-29(16-14-28)30(42)35-21-23-44-25-24-43-22-18-34/h7-9,11-16H,2-6,10,17-26,34H2,1H3,(H,35,42)(H3,36,37,38,39,40,41). The van der Waals surface area contributed by atoms with E-state index < -0.39 is 0 Å². The van der Waals surface area contributed by atoms with Gasteiger partial charge in [0, 0.05) is 38.3 Å². The third-order valence-corrected chi connectivity index (χ3v) is 6.82. The number of nitrogens with one attached hydrogen (secondary N) is 4. The van der Waals surface area contributed by atoms with Gasteiger partial charge in [-0.1, -0.05) is 81.5 Å². The summed E-state index contributed by atoms with van der Waals surface area (Å²) in [6.45, 7) is 7.10. The molecule has 0 aliphatic heterocycles. The highest BCUT2D eigenvalue weighted by molar-refractivity contribution is 5.94. The number of nitrogens with two attached hydrogens (primary N) is 1. The Kier molecular flexibility index (Phi) is 17.2. The molecule has 0 atom stereocenters. The first-order valence-corrected chi connectivity index (χ1v) is 15.9. The molecule has 0 saturated heterocycles. The molecule has 0 radical (unpaired) electrons. The molecule has 0 bridgehead atoms. The number of hydrogen-bond donors (Lipinski definition) is 5. The molecule has 1 aromatic heterocycles. The summed E-state index contributed by atoms with van der Waals surface area (Å²) in [6.07, 6.45) is 8.23.